The van der Waals surface area contributed by atoms with Crippen LogP contribution in [0.2, 0.25) is 0 Å². The van der Waals surface area contributed by atoms with E-state index in [1.54, 1.807) is 0 Å². The molecular weight excluding hydrogens is 771 g/mol. The number of nitrogens with zero attached hydrogens (tertiary/aromatic N) is 5. The lowest BCUT2D eigenvalue weighted by atomic mass is 9.98. The molecule has 0 amide bonds. The third-order valence-corrected chi connectivity index (χ3v) is 12.4. The Hall–Kier alpha value is -8.61. The van der Waals surface area contributed by atoms with Gasteiger partial charge in [-0.25, -0.2) is 0 Å². The molecule has 0 aliphatic heterocycles. The van der Waals surface area contributed by atoms with E-state index >= 15 is 0 Å². The van der Waals surface area contributed by atoms with Crippen molar-refractivity contribution < 1.29 is 4.42 Å². The maximum atomic E-state index is 6.09. The highest BCUT2D eigenvalue weighted by Crippen LogP contribution is 2.37. The highest BCUT2D eigenvalue weighted by Gasteiger charge is 2.21. The van der Waals surface area contributed by atoms with E-state index in [1.165, 1.54) is 0 Å². The van der Waals surface area contributed by atoms with Crippen molar-refractivity contribution in [3.63, 3.8) is 0 Å². The lowest BCUT2D eigenvalue weighted by molar-refractivity contribution is 0.669. The molecule has 0 spiro atoms. The first-order valence-electron chi connectivity index (χ1n) is 21.2. The molecule has 0 aliphatic carbocycles. The van der Waals surface area contributed by atoms with Gasteiger partial charge in [0.05, 0.1) is 22.1 Å². The summed E-state index contributed by atoms with van der Waals surface area (Å²) in [6, 6.07) is 74.6. The molecule has 0 atom stereocenters. The van der Waals surface area contributed by atoms with Gasteiger partial charge in [0.2, 0.25) is 11.9 Å². The SMILES string of the molecule is c1ccc(-c2ccc3c4ccccc4n(-c4nc(-c5ccc(-c6ccc(-c7ccc8oc9ccccc9c8c7)cc6)cc5)nc(-n5c6ccccc6c6ccccc65)n4)c3c2)cc1. The molecule has 6 nitrogen and oxygen atoms in total. The van der Waals surface area contributed by atoms with Gasteiger partial charge >= 0.3 is 0 Å². The summed E-state index contributed by atoms with van der Waals surface area (Å²) >= 11 is 0. The third-order valence-electron chi connectivity index (χ3n) is 12.4. The van der Waals surface area contributed by atoms with Crippen LogP contribution in [0.5, 0.6) is 0 Å². The predicted octanol–water partition coefficient (Wildman–Crippen LogP) is 14.6. The molecule has 0 saturated heterocycles. The first-order valence-corrected chi connectivity index (χ1v) is 21.2. The van der Waals surface area contributed by atoms with Crippen molar-refractivity contribution in [1.29, 1.82) is 0 Å². The third kappa shape index (κ3) is 5.69. The van der Waals surface area contributed by atoms with Crippen LogP contribution < -0.4 is 0 Å². The van der Waals surface area contributed by atoms with Gasteiger partial charge in [-0.1, -0.05) is 170 Å². The van der Waals surface area contributed by atoms with Crippen LogP contribution in [0.15, 0.2) is 217 Å². The van der Waals surface area contributed by atoms with Crippen LogP contribution in [0.1, 0.15) is 0 Å². The average Bonchev–Trinajstić information content (AvgIpc) is 4.01. The highest BCUT2D eigenvalue weighted by atomic mass is 16.3. The summed E-state index contributed by atoms with van der Waals surface area (Å²) in [6.45, 7) is 0. The van der Waals surface area contributed by atoms with E-state index in [-0.39, 0.29) is 0 Å². The quantitative estimate of drug-likeness (QED) is 0.168. The molecule has 0 N–H and O–H groups in total. The Morgan fingerprint density at radius 3 is 1.30 bits per heavy atom. The molecule has 63 heavy (non-hydrogen) atoms. The molecule has 294 valence electrons. The summed E-state index contributed by atoms with van der Waals surface area (Å²) in [4.78, 5) is 16.0. The van der Waals surface area contributed by atoms with Crippen molar-refractivity contribution in [2.45, 2.75) is 0 Å². The monoisotopic (exact) mass is 805 g/mol. The van der Waals surface area contributed by atoms with Crippen molar-refractivity contribution in [1.82, 2.24) is 24.1 Å². The predicted molar refractivity (Wildman–Crippen MR) is 258 cm³/mol. The zero-order chi connectivity index (χ0) is 41.4. The molecule has 0 bridgehead atoms. The molecule has 4 heterocycles. The fourth-order valence-corrected chi connectivity index (χ4v) is 9.39. The van der Waals surface area contributed by atoms with Crippen LogP contribution in [0.3, 0.4) is 0 Å². The zero-order valence-electron chi connectivity index (χ0n) is 33.9. The Morgan fingerprint density at radius 2 is 0.683 bits per heavy atom. The summed E-state index contributed by atoms with van der Waals surface area (Å²) in [7, 11) is 0. The number of fused-ring (bicyclic) bond motifs is 9. The van der Waals surface area contributed by atoms with Gasteiger partial charge in [-0.3, -0.25) is 9.13 Å². The molecular formula is C57H35N5O. The second-order valence-electron chi connectivity index (χ2n) is 16.0. The Labute approximate surface area is 361 Å². The van der Waals surface area contributed by atoms with Crippen LogP contribution in [-0.4, -0.2) is 24.1 Å². The van der Waals surface area contributed by atoms with Crippen LogP contribution >= 0.6 is 0 Å². The lowest BCUT2D eigenvalue weighted by Gasteiger charge is -2.13. The van der Waals surface area contributed by atoms with Gasteiger partial charge in [-0.05, 0) is 75.8 Å². The summed E-state index contributed by atoms with van der Waals surface area (Å²) in [5.74, 6) is 1.69. The van der Waals surface area contributed by atoms with Crippen molar-refractivity contribution in [3.8, 4) is 56.7 Å². The summed E-state index contributed by atoms with van der Waals surface area (Å²) < 4.78 is 10.5. The molecule has 0 radical (unpaired) electrons. The standard InChI is InChI=1S/C57H35N5O/c1-2-12-36(13-3-1)42-30-32-46-45-16-6-10-20-51(45)62(52(46)35-42)57-59-55(58-56(60-57)61-49-18-8-4-14-43(49)44-15-5-9-19-50(44)61)40-28-26-38(27-29-40)37-22-24-39(25-23-37)41-31-33-54-48(34-41)47-17-7-11-21-53(47)63-54/h1-35H. The Kier molecular flexibility index (Phi) is 7.80. The van der Waals surface area contributed by atoms with E-state index in [0.717, 1.165) is 104 Å². The molecule has 13 aromatic rings. The Bertz CT molecular complexity index is 3840. The second kappa shape index (κ2) is 14.0. The van der Waals surface area contributed by atoms with Gasteiger partial charge in [-0.15, -0.1) is 0 Å². The molecule has 0 unspecified atom stereocenters. The summed E-state index contributed by atoms with van der Waals surface area (Å²) in [5.41, 5.74) is 13.6. The number of benzene rings is 9. The first-order chi connectivity index (χ1) is 31.2. The lowest BCUT2D eigenvalue weighted by Crippen LogP contribution is -2.10. The number of hydrogen-bond donors (Lipinski definition) is 0. The van der Waals surface area contributed by atoms with E-state index in [4.69, 9.17) is 19.4 Å². The number of furan rings is 1. The average molecular weight is 806 g/mol. The molecule has 0 aliphatic rings. The Balaban J connectivity index is 0.951. The molecule has 0 fully saturated rings. The normalized spacial score (nSPS) is 11.8. The maximum Gasteiger partial charge on any atom is 0.240 e. The van der Waals surface area contributed by atoms with Crippen molar-refractivity contribution >= 4 is 65.6 Å². The van der Waals surface area contributed by atoms with Crippen molar-refractivity contribution in [2.75, 3.05) is 0 Å². The summed E-state index contributed by atoms with van der Waals surface area (Å²) in [5, 5.41) is 6.82. The van der Waals surface area contributed by atoms with E-state index in [1.807, 2.05) is 12.1 Å². The fraction of sp³-hybridized carbons (Fsp3) is 0. The smallest absolute Gasteiger partial charge is 0.240 e. The van der Waals surface area contributed by atoms with Crippen LogP contribution in [0.25, 0.3) is 122 Å². The maximum absolute atomic E-state index is 6.09. The van der Waals surface area contributed by atoms with Crippen molar-refractivity contribution in [2.24, 2.45) is 0 Å². The number of para-hydroxylation sites is 4. The van der Waals surface area contributed by atoms with Crippen LogP contribution in [0.4, 0.5) is 0 Å². The largest absolute Gasteiger partial charge is 0.456 e. The van der Waals surface area contributed by atoms with Crippen LogP contribution in [-0.2, 0) is 0 Å². The van der Waals surface area contributed by atoms with E-state index in [9.17, 15) is 0 Å². The highest BCUT2D eigenvalue weighted by molar-refractivity contribution is 6.11. The first kappa shape index (κ1) is 35.2. The van der Waals surface area contributed by atoms with E-state index < -0.39 is 0 Å². The topological polar surface area (TPSA) is 61.7 Å². The van der Waals surface area contributed by atoms with E-state index in [2.05, 4.69) is 209 Å². The van der Waals surface area contributed by atoms with Gasteiger partial charge in [0.15, 0.2) is 5.82 Å². The van der Waals surface area contributed by atoms with Gasteiger partial charge in [-0.2, -0.15) is 15.0 Å². The van der Waals surface area contributed by atoms with Crippen LogP contribution in [0, 0.1) is 0 Å². The van der Waals surface area contributed by atoms with E-state index in [0.29, 0.717) is 17.7 Å². The number of aromatic nitrogens is 5. The number of rotatable bonds is 6. The molecule has 4 aromatic heterocycles. The fourth-order valence-electron chi connectivity index (χ4n) is 9.39. The van der Waals surface area contributed by atoms with Gasteiger partial charge in [0.1, 0.15) is 11.2 Å². The van der Waals surface area contributed by atoms with Crippen molar-refractivity contribution in [3.05, 3.63) is 212 Å². The zero-order valence-corrected chi connectivity index (χ0v) is 33.9. The Morgan fingerprint density at radius 1 is 0.270 bits per heavy atom. The second-order valence-corrected chi connectivity index (χ2v) is 16.0. The molecule has 9 aromatic carbocycles. The minimum Gasteiger partial charge on any atom is -0.456 e. The minimum absolute atomic E-state index is 0.551. The number of hydrogen-bond acceptors (Lipinski definition) is 4. The van der Waals surface area contributed by atoms with Gasteiger partial charge < -0.3 is 4.42 Å². The van der Waals surface area contributed by atoms with Gasteiger partial charge in [0.25, 0.3) is 0 Å². The molecule has 0 saturated carbocycles. The summed E-state index contributed by atoms with van der Waals surface area (Å²) in [6.07, 6.45) is 0. The minimum atomic E-state index is 0.551. The molecule has 13 rings (SSSR count). The van der Waals surface area contributed by atoms with Gasteiger partial charge in [0, 0.05) is 37.9 Å². The molecule has 6 heteroatoms.